The SMILES string of the molecule is CCOP(=O)(OC)OC[C@@H](C)CCC(C)=O. The van der Waals surface area contributed by atoms with Gasteiger partial charge in [0.2, 0.25) is 0 Å². The van der Waals surface area contributed by atoms with Crippen LogP contribution in [0.3, 0.4) is 0 Å². The first-order chi connectivity index (χ1) is 7.43. The van der Waals surface area contributed by atoms with Crippen molar-refractivity contribution in [1.29, 1.82) is 0 Å². The third-order valence-corrected chi connectivity index (χ3v) is 3.50. The zero-order valence-corrected chi connectivity index (χ0v) is 11.3. The number of carbonyl (C=O) groups excluding carboxylic acids is 1. The second-order valence-corrected chi connectivity index (χ2v) is 5.47. The van der Waals surface area contributed by atoms with Crippen LogP contribution in [0.2, 0.25) is 0 Å². The van der Waals surface area contributed by atoms with Gasteiger partial charge in [-0.05, 0) is 26.2 Å². The molecule has 0 fully saturated rings. The molecule has 5 nitrogen and oxygen atoms in total. The van der Waals surface area contributed by atoms with E-state index in [1.54, 1.807) is 13.8 Å². The molecule has 6 heteroatoms. The highest BCUT2D eigenvalue weighted by Gasteiger charge is 2.24. The van der Waals surface area contributed by atoms with Gasteiger partial charge in [0.15, 0.2) is 0 Å². The molecule has 1 unspecified atom stereocenters. The molecule has 0 aromatic rings. The number of Topliss-reactive ketones (excluding diaryl/α,β-unsaturated/α-hetero) is 1. The van der Waals surface area contributed by atoms with Gasteiger partial charge in [-0.3, -0.25) is 13.6 Å². The lowest BCUT2D eigenvalue weighted by Crippen LogP contribution is -2.08. The second-order valence-electron chi connectivity index (χ2n) is 3.69. The standard InChI is InChI=1S/C10H21O5P/c1-5-14-16(12,13-4)15-8-9(2)6-7-10(3)11/h9H,5-8H2,1-4H3/t9-,16?/m0/s1. The van der Waals surface area contributed by atoms with E-state index in [2.05, 4.69) is 0 Å². The topological polar surface area (TPSA) is 61.8 Å². The molecule has 16 heavy (non-hydrogen) atoms. The Balaban J connectivity index is 3.92. The number of ketones is 1. The van der Waals surface area contributed by atoms with Crippen LogP contribution in [-0.4, -0.2) is 26.1 Å². The third kappa shape index (κ3) is 7.12. The molecule has 96 valence electrons. The van der Waals surface area contributed by atoms with Crippen molar-refractivity contribution >= 4 is 13.6 Å². The third-order valence-electron chi connectivity index (χ3n) is 2.02. The van der Waals surface area contributed by atoms with Crippen molar-refractivity contribution in [3.05, 3.63) is 0 Å². The van der Waals surface area contributed by atoms with Gasteiger partial charge in [0, 0.05) is 13.5 Å². The van der Waals surface area contributed by atoms with Crippen LogP contribution in [0.5, 0.6) is 0 Å². The Morgan fingerprint density at radius 3 is 2.44 bits per heavy atom. The Labute approximate surface area is 97.1 Å². The van der Waals surface area contributed by atoms with Gasteiger partial charge in [0.1, 0.15) is 5.78 Å². The van der Waals surface area contributed by atoms with Crippen LogP contribution >= 0.6 is 7.82 Å². The zero-order valence-electron chi connectivity index (χ0n) is 10.4. The van der Waals surface area contributed by atoms with E-state index < -0.39 is 7.82 Å². The van der Waals surface area contributed by atoms with Gasteiger partial charge in [-0.2, -0.15) is 0 Å². The molecule has 0 bridgehead atoms. The van der Waals surface area contributed by atoms with Gasteiger partial charge in [-0.1, -0.05) is 6.92 Å². The first kappa shape index (κ1) is 15.8. The van der Waals surface area contributed by atoms with Crippen LogP contribution in [-0.2, 0) is 22.9 Å². The van der Waals surface area contributed by atoms with Gasteiger partial charge in [-0.25, -0.2) is 4.57 Å². The smallest absolute Gasteiger partial charge is 0.300 e. The summed E-state index contributed by atoms with van der Waals surface area (Å²) in [7, 11) is -2.10. The van der Waals surface area contributed by atoms with Gasteiger partial charge < -0.3 is 4.79 Å². The fourth-order valence-corrected chi connectivity index (χ4v) is 2.09. The Morgan fingerprint density at radius 1 is 1.38 bits per heavy atom. The molecule has 0 rings (SSSR count). The number of phosphoric ester groups is 1. The molecule has 0 saturated carbocycles. The largest absolute Gasteiger partial charge is 0.474 e. The summed E-state index contributed by atoms with van der Waals surface area (Å²) in [6, 6.07) is 0. The monoisotopic (exact) mass is 252 g/mol. The quantitative estimate of drug-likeness (QED) is 0.590. The van der Waals surface area contributed by atoms with E-state index in [9.17, 15) is 9.36 Å². The van der Waals surface area contributed by atoms with Gasteiger partial charge in [0.25, 0.3) is 0 Å². The van der Waals surface area contributed by atoms with Crippen LogP contribution in [0.25, 0.3) is 0 Å². The summed E-state index contributed by atoms with van der Waals surface area (Å²) >= 11 is 0. The molecule has 2 atom stereocenters. The number of carbonyl (C=O) groups is 1. The van der Waals surface area contributed by atoms with Crippen molar-refractivity contribution in [2.45, 2.75) is 33.6 Å². The highest BCUT2D eigenvalue weighted by molar-refractivity contribution is 7.48. The molecule has 0 radical (unpaired) electrons. The lowest BCUT2D eigenvalue weighted by Gasteiger charge is -2.17. The summed E-state index contributed by atoms with van der Waals surface area (Å²) in [4.78, 5) is 10.8. The number of phosphoric acid groups is 1. The maximum Gasteiger partial charge on any atom is 0.474 e. The van der Waals surface area contributed by atoms with Crippen LogP contribution in [0.4, 0.5) is 0 Å². The van der Waals surface area contributed by atoms with E-state index in [1.807, 2.05) is 6.92 Å². The minimum absolute atomic E-state index is 0.145. The molecule has 0 aliphatic heterocycles. The van der Waals surface area contributed by atoms with E-state index in [0.717, 1.165) is 0 Å². The van der Waals surface area contributed by atoms with Gasteiger partial charge in [-0.15, -0.1) is 0 Å². The van der Waals surface area contributed by atoms with Crippen LogP contribution in [0.15, 0.2) is 0 Å². The van der Waals surface area contributed by atoms with Crippen molar-refractivity contribution in [2.75, 3.05) is 20.3 Å². The molecule has 0 heterocycles. The maximum atomic E-state index is 11.7. The zero-order chi connectivity index (χ0) is 12.6. The second kappa shape index (κ2) is 7.96. The van der Waals surface area contributed by atoms with E-state index in [-0.39, 0.29) is 24.9 Å². The molecule has 0 saturated heterocycles. The van der Waals surface area contributed by atoms with Crippen LogP contribution < -0.4 is 0 Å². The molecular formula is C10H21O5P. The fraction of sp³-hybridized carbons (Fsp3) is 0.900. The Hall–Kier alpha value is -0.220. The summed E-state index contributed by atoms with van der Waals surface area (Å²) in [5.41, 5.74) is 0. The van der Waals surface area contributed by atoms with Crippen LogP contribution in [0, 0.1) is 5.92 Å². The lowest BCUT2D eigenvalue weighted by molar-refractivity contribution is -0.117. The summed E-state index contributed by atoms with van der Waals surface area (Å²) in [6.45, 7) is 5.72. The summed E-state index contributed by atoms with van der Waals surface area (Å²) in [6.07, 6.45) is 1.22. The maximum absolute atomic E-state index is 11.7. The number of hydrogen-bond donors (Lipinski definition) is 0. The Kier molecular flexibility index (Phi) is 7.85. The molecule has 0 amide bonds. The molecule has 0 aliphatic carbocycles. The number of rotatable bonds is 9. The predicted molar refractivity (Wildman–Crippen MR) is 61.3 cm³/mol. The van der Waals surface area contributed by atoms with Crippen molar-refractivity contribution in [2.24, 2.45) is 5.92 Å². The Bertz CT molecular complexity index is 254. The van der Waals surface area contributed by atoms with Gasteiger partial charge in [0.05, 0.1) is 13.2 Å². The first-order valence-electron chi connectivity index (χ1n) is 5.37. The van der Waals surface area contributed by atoms with E-state index in [1.165, 1.54) is 7.11 Å². The van der Waals surface area contributed by atoms with E-state index in [4.69, 9.17) is 13.6 Å². The van der Waals surface area contributed by atoms with Crippen molar-refractivity contribution < 1.29 is 22.9 Å². The lowest BCUT2D eigenvalue weighted by atomic mass is 10.1. The van der Waals surface area contributed by atoms with Gasteiger partial charge >= 0.3 is 7.82 Å². The summed E-state index contributed by atoms with van der Waals surface area (Å²) in [5, 5.41) is 0. The van der Waals surface area contributed by atoms with E-state index >= 15 is 0 Å². The molecule has 0 aromatic carbocycles. The Morgan fingerprint density at radius 2 is 2.00 bits per heavy atom. The highest BCUT2D eigenvalue weighted by Crippen LogP contribution is 2.48. The number of hydrogen-bond acceptors (Lipinski definition) is 5. The van der Waals surface area contributed by atoms with Crippen molar-refractivity contribution in [1.82, 2.24) is 0 Å². The minimum atomic E-state index is -3.39. The minimum Gasteiger partial charge on any atom is -0.300 e. The summed E-state index contributed by atoms with van der Waals surface area (Å²) in [5.74, 6) is 0.291. The van der Waals surface area contributed by atoms with Crippen molar-refractivity contribution in [3.63, 3.8) is 0 Å². The highest BCUT2D eigenvalue weighted by atomic mass is 31.2. The normalized spacial score (nSPS) is 16.8. The summed E-state index contributed by atoms with van der Waals surface area (Å²) < 4.78 is 26.4. The van der Waals surface area contributed by atoms with Crippen molar-refractivity contribution in [3.8, 4) is 0 Å². The predicted octanol–water partition coefficient (Wildman–Crippen LogP) is 2.80. The average molecular weight is 252 g/mol. The molecule has 0 N–H and O–H groups in total. The molecule has 0 spiro atoms. The fourth-order valence-electron chi connectivity index (χ4n) is 1.05. The molecule has 0 aliphatic rings. The van der Waals surface area contributed by atoms with Crippen LogP contribution in [0.1, 0.15) is 33.6 Å². The molecule has 0 aromatic heterocycles. The average Bonchev–Trinajstić information content (AvgIpc) is 2.24. The molecular weight excluding hydrogens is 231 g/mol. The van der Waals surface area contributed by atoms with E-state index in [0.29, 0.717) is 12.8 Å². The first-order valence-corrected chi connectivity index (χ1v) is 6.84.